The Labute approximate surface area is 204 Å². The van der Waals surface area contributed by atoms with Crippen LogP contribution in [0.25, 0.3) is 0 Å². The molecular weight excluding hydrogens is 512 g/mol. The molecule has 0 bridgehead atoms. The molecule has 0 aliphatic carbocycles. The predicted octanol–water partition coefficient (Wildman–Crippen LogP) is 5.12. The highest BCUT2D eigenvalue weighted by Gasteiger charge is 2.13. The molecule has 0 spiro atoms. The summed E-state index contributed by atoms with van der Waals surface area (Å²) in [4.78, 5) is 12.3. The van der Waals surface area contributed by atoms with Crippen LogP contribution < -0.4 is 10.7 Å². The summed E-state index contributed by atoms with van der Waals surface area (Å²) in [5.41, 5.74) is 5.18. The van der Waals surface area contributed by atoms with E-state index >= 15 is 0 Å². The van der Waals surface area contributed by atoms with Gasteiger partial charge in [0, 0.05) is 21.7 Å². The summed E-state index contributed by atoms with van der Waals surface area (Å²) in [6.07, 6.45) is 1.77. The molecule has 166 valence electrons. The van der Waals surface area contributed by atoms with E-state index < -0.39 is 0 Å². The minimum absolute atomic E-state index is 0.164. The fourth-order valence-electron chi connectivity index (χ4n) is 2.68. The number of hydrazone groups is 1. The van der Waals surface area contributed by atoms with Crippen molar-refractivity contribution in [2.45, 2.75) is 25.2 Å². The average molecular weight is 534 g/mol. The standard InChI is InChI=1S/C22H22BrClN6OS/c1-3-12-30-20(13-25-19-10-8-18(24)9-11-19)27-29-22(30)32-14-21(31)28-26-15(2)16-4-6-17(23)7-5-16/h3-11,25H,1,12-14H2,2H3,(H,28,31). The maximum Gasteiger partial charge on any atom is 0.250 e. The third-order valence-corrected chi connectivity index (χ3v) is 6.09. The van der Waals surface area contributed by atoms with E-state index in [0.717, 1.165) is 27.3 Å². The molecule has 10 heteroatoms. The van der Waals surface area contributed by atoms with E-state index in [0.29, 0.717) is 23.3 Å². The molecule has 2 aromatic carbocycles. The summed E-state index contributed by atoms with van der Waals surface area (Å²) in [6, 6.07) is 15.1. The molecule has 0 atom stereocenters. The van der Waals surface area contributed by atoms with E-state index in [9.17, 15) is 4.79 Å². The Kier molecular flexibility index (Phi) is 8.90. The van der Waals surface area contributed by atoms with E-state index in [1.165, 1.54) is 11.8 Å². The van der Waals surface area contributed by atoms with Gasteiger partial charge < -0.3 is 9.88 Å². The van der Waals surface area contributed by atoms with Crippen LogP contribution in [-0.4, -0.2) is 32.1 Å². The van der Waals surface area contributed by atoms with Gasteiger partial charge in [0.2, 0.25) is 0 Å². The summed E-state index contributed by atoms with van der Waals surface area (Å²) >= 11 is 10.6. The zero-order chi connectivity index (χ0) is 22.9. The fraction of sp³-hybridized carbons (Fsp3) is 0.182. The monoisotopic (exact) mass is 532 g/mol. The van der Waals surface area contributed by atoms with Crippen molar-refractivity contribution in [2.75, 3.05) is 11.1 Å². The molecule has 3 rings (SSSR count). The molecule has 0 aliphatic heterocycles. The van der Waals surface area contributed by atoms with Crippen LogP contribution in [0.5, 0.6) is 0 Å². The lowest BCUT2D eigenvalue weighted by Gasteiger charge is -2.09. The molecule has 0 saturated heterocycles. The molecule has 3 aromatic rings. The first kappa shape index (κ1) is 24.0. The summed E-state index contributed by atoms with van der Waals surface area (Å²) in [5, 5.41) is 17.3. The highest BCUT2D eigenvalue weighted by molar-refractivity contribution is 9.10. The lowest BCUT2D eigenvalue weighted by molar-refractivity contribution is -0.118. The number of allylic oxidation sites excluding steroid dienone is 1. The van der Waals surface area contributed by atoms with Crippen LogP contribution in [0.15, 0.2) is 75.9 Å². The van der Waals surface area contributed by atoms with Crippen molar-refractivity contribution in [1.82, 2.24) is 20.2 Å². The fourth-order valence-corrected chi connectivity index (χ4v) is 3.83. The molecule has 1 heterocycles. The minimum Gasteiger partial charge on any atom is -0.378 e. The van der Waals surface area contributed by atoms with Crippen LogP contribution in [0.3, 0.4) is 0 Å². The number of halogens is 2. The largest absolute Gasteiger partial charge is 0.378 e. The van der Waals surface area contributed by atoms with E-state index in [4.69, 9.17) is 11.6 Å². The predicted molar refractivity (Wildman–Crippen MR) is 134 cm³/mol. The van der Waals surface area contributed by atoms with Crippen molar-refractivity contribution >= 4 is 56.6 Å². The molecule has 0 fully saturated rings. The highest BCUT2D eigenvalue weighted by atomic mass is 79.9. The molecule has 0 aliphatic rings. The Balaban J connectivity index is 1.57. The number of hydrogen-bond acceptors (Lipinski definition) is 6. The van der Waals surface area contributed by atoms with Gasteiger partial charge in [-0.3, -0.25) is 4.79 Å². The van der Waals surface area contributed by atoms with E-state index in [-0.39, 0.29) is 11.7 Å². The summed E-state index contributed by atoms with van der Waals surface area (Å²) in [6.45, 7) is 6.66. The van der Waals surface area contributed by atoms with Crippen molar-refractivity contribution in [2.24, 2.45) is 5.10 Å². The topological polar surface area (TPSA) is 84.2 Å². The molecule has 32 heavy (non-hydrogen) atoms. The van der Waals surface area contributed by atoms with Gasteiger partial charge in [-0.1, -0.05) is 57.5 Å². The number of rotatable bonds is 10. The number of hydrogen-bond donors (Lipinski definition) is 2. The summed E-state index contributed by atoms with van der Waals surface area (Å²) < 4.78 is 2.91. The van der Waals surface area contributed by atoms with E-state index in [1.54, 1.807) is 6.08 Å². The van der Waals surface area contributed by atoms with Crippen molar-refractivity contribution in [3.8, 4) is 0 Å². The maximum atomic E-state index is 12.3. The Morgan fingerprint density at radius 1 is 1.22 bits per heavy atom. The Morgan fingerprint density at radius 2 is 1.94 bits per heavy atom. The van der Waals surface area contributed by atoms with Crippen LogP contribution in [0, 0.1) is 0 Å². The third kappa shape index (κ3) is 6.94. The number of amides is 1. The van der Waals surface area contributed by atoms with Crippen molar-refractivity contribution < 1.29 is 4.79 Å². The van der Waals surface area contributed by atoms with E-state index in [1.807, 2.05) is 60.0 Å². The summed E-state index contributed by atoms with van der Waals surface area (Å²) in [5.74, 6) is 0.684. The number of thioether (sulfide) groups is 1. The van der Waals surface area contributed by atoms with Gasteiger partial charge in [0.15, 0.2) is 11.0 Å². The number of carbonyl (C=O) groups is 1. The van der Waals surface area contributed by atoms with Crippen LogP contribution in [0.2, 0.25) is 5.02 Å². The third-order valence-electron chi connectivity index (χ3n) is 4.34. The zero-order valence-electron chi connectivity index (χ0n) is 17.4. The van der Waals surface area contributed by atoms with Gasteiger partial charge in [-0.15, -0.1) is 16.8 Å². The molecule has 7 nitrogen and oxygen atoms in total. The Bertz CT molecular complexity index is 1100. The molecular formula is C22H22BrClN6OS. The summed E-state index contributed by atoms with van der Waals surface area (Å²) in [7, 11) is 0. The first-order valence-electron chi connectivity index (χ1n) is 9.70. The van der Waals surface area contributed by atoms with Crippen LogP contribution >= 0.6 is 39.3 Å². The van der Waals surface area contributed by atoms with Gasteiger partial charge in [0.05, 0.1) is 18.0 Å². The Hall–Kier alpha value is -2.62. The van der Waals surface area contributed by atoms with Gasteiger partial charge in [-0.2, -0.15) is 5.10 Å². The normalized spacial score (nSPS) is 11.3. The van der Waals surface area contributed by atoms with Crippen molar-refractivity contribution in [3.05, 3.63) is 82.1 Å². The number of nitrogens with zero attached hydrogens (tertiary/aromatic N) is 4. The van der Waals surface area contributed by atoms with Crippen LogP contribution in [0.1, 0.15) is 18.3 Å². The minimum atomic E-state index is -0.222. The molecule has 0 unspecified atom stereocenters. The van der Waals surface area contributed by atoms with Gasteiger partial charge in [-0.05, 0) is 48.9 Å². The highest BCUT2D eigenvalue weighted by Crippen LogP contribution is 2.19. The molecule has 2 N–H and O–H groups in total. The van der Waals surface area contributed by atoms with Gasteiger partial charge in [0.1, 0.15) is 0 Å². The first-order chi connectivity index (χ1) is 15.5. The van der Waals surface area contributed by atoms with Gasteiger partial charge in [-0.25, -0.2) is 5.43 Å². The number of nitrogens with one attached hydrogen (secondary N) is 2. The van der Waals surface area contributed by atoms with Crippen LogP contribution in [-0.2, 0) is 17.9 Å². The second-order valence-electron chi connectivity index (χ2n) is 6.69. The van der Waals surface area contributed by atoms with Crippen molar-refractivity contribution in [3.63, 3.8) is 0 Å². The maximum absolute atomic E-state index is 12.3. The second kappa shape index (κ2) is 11.8. The molecule has 1 aromatic heterocycles. The molecule has 1 amide bonds. The first-order valence-corrected chi connectivity index (χ1v) is 11.9. The zero-order valence-corrected chi connectivity index (χ0v) is 20.5. The number of carbonyl (C=O) groups excluding carboxylic acids is 1. The number of benzene rings is 2. The number of anilines is 1. The second-order valence-corrected chi connectivity index (χ2v) is 8.98. The Morgan fingerprint density at radius 3 is 2.62 bits per heavy atom. The van der Waals surface area contributed by atoms with E-state index in [2.05, 4.69) is 48.6 Å². The quantitative estimate of drug-likeness (QED) is 0.163. The number of aromatic nitrogens is 3. The molecule has 0 saturated carbocycles. The van der Waals surface area contributed by atoms with Crippen molar-refractivity contribution in [1.29, 1.82) is 0 Å². The average Bonchev–Trinajstić information content (AvgIpc) is 3.18. The lowest BCUT2D eigenvalue weighted by atomic mass is 10.1. The molecule has 0 radical (unpaired) electrons. The van der Waals surface area contributed by atoms with Gasteiger partial charge in [0.25, 0.3) is 5.91 Å². The smallest absolute Gasteiger partial charge is 0.250 e. The van der Waals surface area contributed by atoms with Crippen LogP contribution in [0.4, 0.5) is 5.69 Å². The van der Waals surface area contributed by atoms with Gasteiger partial charge >= 0.3 is 0 Å². The lowest BCUT2D eigenvalue weighted by Crippen LogP contribution is -2.21. The SMILES string of the molecule is C=CCn1c(CNc2ccc(Cl)cc2)nnc1SCC(=O)NN=C(C)c1ccc(Br)cc1.